The molecule has 0 spiro atoms. The molecule has 1 aliphatic heterocycles. The van der Waals surface area contributed by atoms with Gasteiger partial charge in [0.2, 0.25) is 5.13 Å². The van der Waals surface area contributed by atoms with Gasteiger partial charge in [0.05, 0.1) is 11.2 Å². The van der Waals surface area contributed by atoms with Crippen LogP contribution in [0.3, 0.4) is 0 Å². The van der Waals surface area contributed by atoms with E-state index < -0.39 is 0 Å². The first-order valence-corrected chi connectivity index (χ1v) is 10.0. The molecule has 6 nitrogen and oxygen atoms in total. The SMILES string of the molecule is CCc1nsc(N2CCCN(c3ccnc4cc(Br)cnc34)CC2)n1. The molecule has 0 bridgehead atoms. The molecule has 0 unspecified atom stereocenters. The van der Waals surface area contributed by atoms with Crippen LogP contribution in [0.15, 0.2) is 29.0 Å². The summed E-state index contributed by atoms with van der Waals surface area (Å²) in [7, 11) is 0. The molecule has 4 heterocycles. The first kappa shape index (κ1) is 16.7. The number of nitrogens with zero attached hydrogens (tertiary/aromatic N) is 6. The predicted molar refractivity (Wildman–Crippen MR) is 106 cm³/mol. The lowest BCUT2D eigenvalue weighted by Crippen LogP contribution is -2.30. The third-order valence-corrected chi connectivity index (χ3v) is 5.65. The number of hydrogen-bond donors (Lipinski definition) is 0. The summed E-state index contributed by atoms with van der Waals surface area (Å²) in [6.07, 6.45) is 5.68. The van der Waals surface area contributed by atoms with Crippen molar-refractivity contribution >= 4 is 49.3 Å². The quantitative estimate of drug-likeness (QED) is 0.648. The molecule has 0 saturated carbocycles. The van der Waals surface area contributed by atoms with Gasteiger partial charge in [0.1, 0.15) is 11.3 Å². The molecule has 8 heteroatoms. The zero-order chi connectivity index (χ0) is 17.2. The maximum absolute atomic E-state index is 4.64. The summed E-state index contributed by atoms with van der Waals surface area (Å²) in [6, 6.07) is 4.09. The Balaban J connectivity index is 1.57. The molecule has 0 aliphatic carbocycles. The van der Waals surface area contributed by atoms with Crippen LogP contribution in [0, 0.1) is 0 Å². The van der Waals surface area contributed by atoms with E-state index >= 15 is 0 Å². The number of halogens is 1. The molecule has 4 rings (SSSR count). The van der Waals surface area contributed by atoms with Crippen molar-refractivity contribution in [1.29, 1.82) is 0 Å². The highest BCUT2D eigenvalue weighted by atomic mass is 79.9. The zero-order valence-electron chi connectivity index (χ0n) is 14.0. The highest BCUT2D eigenvalue weighted by Gasteiger charge is 2.20. The summed E-state index contributed by atoms with van der Waals surface area (Å²) in [5.41, 5.74) is 3.04. The van der Waals surface area contributed by atoms with Gasteiger partial charge in [-0.3, -0.25) is 9.97 Å². The number of hydrogen-bond acceptors (Lipinski definition) is 7. The van der Waals surface area contributed by atoms with Gasteiger partial charge in [0, 0.05) is 61.0 Å². The fourth-order valence-electron chi connectivity index (χ4n) is 3.11. The molecule has 0 amide bonds. The highest BCUT2D eigenvalue weighted by molar-refractivity contribution is 9.10. The van der Waals surface area contributed by atoms with Gasteiger partial charge in [-0.05, 0) is 34.5 Å². The Kier molecular flexibility index (Phi) is 4.80. The van der Waals surface area contributed by atoms with Crippen LogP contribution in [0.4, 0.5) is 10.8 Å². The van der Waals surface area contributed by atoms with E-state index in [0.717, 1.165) is 71.2 Å². The summed E-state index contributed by atoms with van der Waals surface area (Å²) in [5.74, 6) is 0.941. The third kappa shape index (κ3) is 3.46. The first-order chi connectivity index (χ1) is 12.2. The zero-order valence-corrected chi connectivity index (χ0v) is 16.4. The summed E-state index contributed by atoms with van der Waals surface area (Å²) in [5, 5.41) is 1.04. The molecule has 0 radical (unpaired) electrons. The van der Waals surface area contributed by atoms with Crippen LogP contribution < -0.4 is 9.80 Å². The van der Waals surface area contributed by atoms with Gasteiger partial charge in [-0.2, -0.15) is 4.37 Å². The third-order valence-electron chi connectivity index (χ3n) is 4.40. The first-order valence-electron chi connectivity index (χ1n) is 8.47. The maximum Gasteiger partial charge on any atom is 0.205 e. The van der Waals surface area contributed by atoms with Crippen molar-refractivity contribution in [1.82, 2.24) is 19.3 Å². The van der Waals surface area contributed by atoms with Gasteiger partial charge in [-0.15, -0.1) is 0 Å². The minimum Gasteiger partial charge on any atom is -0.368 e. The minimum absolute atomic E-state index is 0.890. The van der Waals surface area contributed by atoms with Gasteiger partial charge in [0.25, 0.3) is 0 Å². The Morgan fingerprint density at radius 3 is 2.84 bits per heavy atom. The monoisotopic (exact) mass is 418 g/mol. The summed E-state index contributed by atoms with van der Waals surface area (Å²) in [4.78, 5) is 18.4. The Morgan fingerprint density at radius 2 is 2.00 bits per heavy atom. The van der Waals surface area contributed by atoms with Gasteiger partial charge in [-0.25, -0.2) is 4.98 Å². The molecule has 0 aromatic carbocycles. The van der Waals surface area contributed by atoms with E-state index in [1.807, 2.05) is 18.5 Å². The Labute approximate surface area is 159 Å². The van der Waals surface area contributed by atoms with Crippen molar-refractivity contribution in [2.45, 2.75) is 19.8 Å². The van der Waals surface area contributed by atoms with Crippen LogP contribution >= 0.6 is 27.5 Å². The van der Waals surface area contributed by atoms with Crippen LogP contribution in [0.25, 0.3) is 11.0 Å². The molecule has 3 aromatic rings. The Morgan fingerprint density at radius 1 is 1.16 bits per heavy atom. The van der Waals surface area contributed by atoms with E-state index in [-0.39, 0.29) is 0 Å². The highest BCUT2D eigenvalue weighted by Crippen LogP contribution is 2.27. The van der Waals surface area contributed by atoms with E-state index in [9.17, 15) is 0 Å². The number of fused-ring (bicyclic) bond motifs is 1. The van der Waals surface area contributed by atoms with Crippen LogP contribution in [-0.2, 0) is 6.42 Å². The van der Waals surface area contributed by atoms with E-state index in [0.29, 0.717) is 0 Å². The van der Waals surface area contributed by atoms with Crippen molar-refractivity contribution in [2.24, 2.45) is 0 Å². The molecule has 3 aromatic heterocycles. The van der Waals surface area contributed by atoms with Gasteiger partial charge in [0.15, 0.2) is 0 Å². The molecule has 1 fully saturated rings. The molecular weight excluding hydrogens is 400 g/mol. The Bertz CT molecular complexity index is 882. The van der Waals surface area contributed by atoms with Crippen molar-refractivity contribution in [3.63, 3.8) is 0 Å². The smallest absolute Gasteiger partial charge is 0.205 e. The molecule has 25 heavy (non-hydrogen) atoms. The second-order valence-electron chi connectivity index (χ2n) is 6.03. The van der Waals surface area contributed by atoms with Crippen molar-refractivity contribution < 1.29 is 0 Å². The van der Waals surface area contributed by atoms with E-state index in [1.165, 1.54) is 11.5 Å². The van der Waals surface area contributed by atoms with Crippen LogP contribution in [-0.4, -0.2) is 45.5 Å². The molecule has 130 valence electrons. The molecule has 0 N–H and O–H groups in total. The fraction of sp³-hybridized carbons (Fsp3) is 0.412. The number of aromatic nitrogens is 4. The Hall–Kier alpha value is -1.80. The summed E-state index contributed by atoms with van der Waals surface area (Å²) in [6.45, 7) is 6.00. The average Bonchev–Trinajstić information content (AvgIpc) is 2.98. The average molecular weight is 419 g/mol. The number of pyridine rings is 2. The normalized spacial score (nSPS) is 15.6. The summed E-state index contributed by atoms with van der Waals surface area (Å²) < 4.78 is 5.37. The summed E-state index contributed by atoms with van der Waals surface area (Å²) >= 11 is 4.98. The lowest BCUT2D eigenvalue weighted by Gasteiger charge is -2.24. The lowest BCUT2D eigenvalue weighted by molar-refractivity contribution is 0.802. The fourth-order valence-corrected chi connectivity index (χ4v) is 4.23. The van der Waals surface area contributed by atoms with Gasteiger partial charge in [-0.1, -0.05) is 6.92 Å². The van der Waals surface area contributed by atoms with Crippen LogP contribution in [0.1, 0.15) is 19.2 Å². The van der Waals surface area contributed by atoms with Crippen LogP contribution in [0.5, 0.6) is 0 Å². The molecule has 1 saturated heterocycles. The van der Waals surface area contributed by atoms with Crippen molar-refractivity contribution in [3.8, 4) is 0 Å². The van der Waals surface area contributed by atoms with E-state index in [4.69, 9.17) is 0 Å². The number of rotatable bonds is 3. The molecule has 1 aliphatic rings. The second-order valence-corrected chi connectivity index (χ2v) is 7.67. The van der Waals surface area contributed by atoms with E-state index in [1.54, 1.807) is 0 Å². The van der Waals surface area contributed by atoms with Gasteiger partial charge < -0.3 is 9.80 Å². The lowest BCUT2D eigenvalue weighted by atomic mass is 10.2. The standard InChI is InChI=1S/C17H19BrN6S/c1-2-15-21-17(25-22-15)24-7-3-6-23(8-9-24)14-4-5-19-13-10-12(18)11-20-16(13)14/h4-5,10-11H,2-3,6-9H2,1H3. The maximum atomic E-state index is 4.64. The topological polar surface area (TPSA) is 58.0 Å². The molecular formula is C17H19BrN6S. The predicted octanol–water partition coefficient (Wildman–Crippen LogP) is 3.52. The second kappa shape index (κ2) is 7.21. The number of aryl methyl sites for hydroxylation is 1. The number of anilines is 2. The van der Waals surface area contributed by atoms with Crippen molar-refractivity contribution in [2.75, 3.05) is 36.0 Å². The van der Waals surface area contributed by atoms with E-state index in [2.05, 4.69) is 58.0 Å². The van der Waals surface area contributed by atoms with Gasteiger partial charge >= 0.3 is 0 Å². The molecule has 0 atom stereocenters. The largest absolute Gasteiger partial charge is 0.368 e. The minimum atomic E-state index is 0.890. The van der Waals surface area contributed by atoms with Crippen molar-refractivity contribution in [3.05, 3.63) is 34.8 Å². The van der Waals surface area contributed by atoms with Crippen LogP contribution in [0.2, 0.25) is 0 Å².